The molecule has 1 unspecified atom stereocenters. The standard InChI is InChI=1S/C10H12N2O5/c11-9(10(14)15)8(13)5-6-1-3-7(4-2-6)12(16)17/h1-4,8-9,13H,5,11H2,(H,14,15)/t8?,9-/m0/s1. The molecule has 1 aromatic rings. The van der Waals surface area contributed by atoms with Gasteiger partial charge < -0.3 is 15.9 Å². The van der Waals surface area contributed by atoms with Crippen molar-refractivity contribution in [2.45, 2.75) is 18.6 Å². The van der Waals surface area contributed by atoms with Gasteiger partial charge in [0.15, 0.2) is 0 Å². The summed E-state index contributed by atoms with van der Waals surface area (Å²) in [5.41, 5.74) is 5.75. The average molecular weight is 240 g/mol. The first kappa shape index (κ1) is 13.1. The summed E-state index contributed by atoms with van der Waals surface area (Å²) in [4.78, 5) is 20.4. The van der Waals surface area contributed by atoms with Gasteiger partial charge in [0.2, 0.25) is 0 Å². The highest BCUT2D eigenvalue weighted by Crippen LogP contribution is 2.13. The molecule has 0 heterocycles. The zero-order chi connectivity index (χ0) is 13.0. The fourth-order valence-electron chi connectivity index (χ4n) is 1.29. The molecular formula is C10H12N2O5. The van der Waals surface area contributed by atoms with Crippen LogP contribution in [0.1, 0.15) is 5.56 Å². The highest BCUT2D eigenvalue weighted by Gasteiger charge is 2.22. The number of non-ortho nitro benzene ring substituents is 1. The number of nitrogens with two attached hydrogens (primary N) is 1. The third kappa shape index (κ3) is 3.51. The van der Waals surface area contributed by atoms with Crippen LogP contribution in [0.25, 0.3) is 0 Å². The van der Waals surface area contributed by atoms with Gasteiger partial charge in [0.25, 0.3) is 5.69 Å². The lowest BCUT2D eigenvalue weighted by Gasteiger charge is -2.14. The Balaban J connectivity index is 2.69. The number of carboxylic acid groups (broad SMARTS) is 1. The van der Waals surface area contributed by atoms with Crippen molar-refractivity contribution in [1.29, 1.82) is 0 Å². The number of nitro groups is 1. The van der Waals surface area contributed by atoms with Crippen molar-refractivity contribution in [3.63, 3.8) is 0 Å². The van der Waals surface area contributed by atoms with Crippen molar-refractivity contribution in [1.82, 2.24) is 0 Å². The zero-order valence-corrected chi connectivity index (χ0v) is 8.81. The van der Waals surface area contributed by atoms with Crippen molar-refractivity contribution in [2.75, 3.05) is 0 Å². The molecule has 0 aliphatic carbocycles. The molecule has 7 heteroatoms. The number of hydrogen-bond acceptors (Lipinski definition) is 5. The van der Waals surface area contributed by atoms with E-state index in [4.69, 9.17) is 10.8 Å². The number of benzene rings is 1. The second-order valence-corrected chi connectivity index (χ2v) is 3.56. The molecule has 0 radical (unpaired) electrons. The van der Waals surface area contributed by atoms with Crippen LogP contribution >= 0.6 is 0 Å². The number of rotatable bonds is 5. The van der Waals surface area contributed by atoms with Gasteiger partial charge in [-0.3, -0.25) is 14.9 Å². The number of nitrogens with zero attached hydrogens (tertiary/aromatic N) is 1. The molecule has 17 heavy (non-hydrogen) atoms. The van der Waals surface area contributed by atoms with E-state index in [-0.39, 0.29) is 12.1 Å². The maximum atomic E-state index is 10.5. The van der Waals surface area contributed by atoms with Crippen LogP contribution in [0.2, 0.25) is 0 Å². The van der Waals surface area contributed by atoms with E-state index in [1.807, 2.05) is 0 Å². The molecule has 7 nitrogen and oxygen atoms in total. The Bertz CT molecular complexity index is 417. The Labute approximate surface area is 96.6 Å². The van der Waals surface area contributed by atoms with Gasteiger partial charge in [-0.25, -0.2) is 0 Å². The van der Waals surface area contributed by atoms with Crippen molar-refractivity contribution in [3.8, 4) is 0 Å². The normalized spacial score (nSPS) is 14.0. The van der Waals surface area contributed by atoms with Gasteiger partial charge in [0.1, 0.15) is 6.04 Å². The Kier molecular flexibility index (Phi) is 4.13. The molecule has 0 amide bonds. The summed E-state index contributed by atoms with van der Waals surface area (Å²) in [7, 11) is 0. The minimum absolute atomic E-state index is 0.0332. The highest BCUT2D eigenvalue weighted by atomic mass is 16.6. The summed E-state index contributed by atoms with van der Waals surface area (Å²) in [6, 6.07) is 4.11. The number of nitro benzene ring substituents is 1. The first-order valence-electron chi connectivity index (χ1n) is 4.81. The molecule has 0 fully saturated rings. The lowest BCUT2D eigenvalue weighted by Crippen LogP contribution is -2.42. The van der Waals surface area contributed by atoms with Crippen LogP contribution in [0.15, 0.2) is 24.3 Å². The van der Waals surface area contributed by atoms with Crippen LogP contribution in [0.5, 0.6) is 0 Å². The maximum absolute atomic E-state index is 10.5. The molecule has 0 aliphatic rings. The van der Waals surface area contributed by atoms with Gasteiger partial charge in [0.05, 0.1) is 11.0 Å². The number of aliphatic hydroxyl groups is 1. The predicted octanol–water partition coefficient (Wildman–Crippen LogP) is -0.0899. The van der Waals surface area contributed by atoms with Crippen molar-refractivity contribution < 1.29 is 19.9 Å². The third-order valence-corrected chi connectivity index (χ3v) is 2.29. The van der Waals surface area contributed by atoms with Gasteiger partial charge in [-0.15, -0.1) is 0 Å². The van der Waals surface area contributed by atoms with E-state index >= 15 is 0 Å². The zero-order valence-electron chi connectivity index (χ0n) is 8.81. The molecule has 0 saturated heterocycles. The molecule has 0 saturated carbocycles. The van der Waals surface area contributed by atoms with E-state index in [2.05, 4.69) is 0 Å². The number of aliphatic carboxylic acids is 1. The maximum Gasteiger partial charge on any atom is 0.323 e. The Hall–Kier alpha value is -1.99. The molecule has 2 atom stereocenters. The second-order valence-electron chi connectivity index (χ2n) is 3.56. The third-order valence-electron chi connectivity index (χ3n) is 2.29. The van der Waals surface area contributed by atoms with Gasteiger partial charge in [-0.1, -0.05) is 12.1 Å². The lowest BCUT2D eigenvalue weighted by molar-refractivity contribution is -0.384. The number of hydrogen-bond donors (Lipinski definition) is 3. The summed E-state index contributed by atoms with van der Waals surface area (Å²) in [6.45, 7) is 0. The van der Waals surface area contributed by atoms with Crippen molar-refractivity contribution in [2.24, 2.45) is 5.73 Å². The SMILES string of the molecule is N[C@H](C(=O)O)C(O)Cc1ccc([N+](=O)[O-])cc1. The van der Waals surface area contributed by atoms with Gasteiger partial charge in [-0.05, 0) is 5.56 Å². The molecule has 0 spiro atoms. The number of carbonyl (C=O) groups is 1. The lowest BCUT2D eigenvalue weighted by atomic mass is 10.0. The van der Waals surface area contributed by atoms with Crippen LogP contribution < -0.4 is 5.73 Å². The molecule has 1 aromatic carbocycles. The van der Waals surface area contributed by atoms with Gasteiger partial charge in [0, 0.05) is 18.6 Å². The number of carboxylic acids is 1. The molecular weight excluding hydrogens is 228 g/mol. The highest BCUT2D eigenvalue weighted by molar-refractivity contribution is 5.73. The van der Waals surface area contributed by atoms with E-state index in [1.165, 1.54) is 24.3 Å². The first-order valence-corrected chi connectivity index (χ1v) is 4.81. The van der Waals surface area contributed by atoms with Gasteiger partial charge >= 0.3 is 5.97 Å². The van der Waals surface area contributed by atoms with Gasteiger partial charge in [-0.2, -0.15) is 0 Å². The smallest absolute Gasteiger partial charge is 0.323 e. The molecule has 0 aromatic heterocycles. The average Bonchev–Trinajstić information content (AvgIpc) is 2.28. The first-order chi connectivity index (χ1) is 7.91. The largest absolute Gasteiger partial charge is 0.480 e. The number of aliphatic hydroxyl groups excluding tert-OH is 1. The molecule has 0 aliphatic heterocycles. The van der Waals surface area contributed by atoms with E-state index in [9.17, 15) is 20.0 Å². The second kappa shape index (κ2) is 5.37. The van der Waals surface area contributed by atoms with E-state index < -0.39 is 23.0 Å². The fraction of sp³-hybridized carbons (Fsp3) is 0.300. The quantitative estimate of drug-likeness (QED) is 0.487. The molecule has 1 rings (SSSR count). The van der Waals surface area contributed by atoms with Crippen molar-refractivity contribution in [3.05, 3.63) is 39.9 Å². The molecule has 92 valence electrons. The van der Waals surface area contributed by atoms with E-state index in [0.717, 1.165) is 0 Å². The van der Waals surface area contributed by atoms with Crippen LogP contribution in [-0.2, 0) is 11.2 Å². The summed E-state index contributed by atoms with van der Waals surface area (Å²) >= 11 is 0. The minimum atomic E-state index is -1.37. The topological polar surface area (TPSA) is 127 Å². The summed E-state index contributed by atoms with van der Waals surface area (Å²) in [5.74, 6) is -1.29. The summed E-state index contributed by atoms with van der Waals surface area (Å²) < 4.78 is 0. The summed E-state index contributed by atoms with van der Waals surface area (Å²) in [6.07, 6.45) is -1.19. The van der Waals surface area contributed by atoms with Crippen LogP contribution in [0.4, 0.5) is 5.69 Å². The predicted molar refractivity (Wildman–Crippen MR) is 58.4 cm³/mol. The Morgan fingerprint density at radius 3 is 2.35 bits per heavy atom. The van der Waals surface area contributed by atoms with Crippen LogP contribution in [0, 0.1) is 10.1 Å². The fourth-order valence-corrected chi connectivity index (χ4v) is 1.29. The van der Waals surface area contributed by atoms with E-state index in [1.54, 1.807) is 0 Å². The van der Waals surface area contributed by atoms with Crippen LogP contribution in [0.3, 0.4) is 0 Å². The van der Waals surface area contributed by atoms with Crippen LogP contribution in [-0.4, -0.2) is 33.3 Å². The Morgan fingerprint density at radius 1 is 1.41 bits per heavy atom. The van der Waals surface area contributed by atoms with E-state index in [0.29, 0.717) is 5.56 Å². The van der Waals surface area contributed by atoms with Crippen molar-refractivity contribution >= 4 is 11.7 Å². The monoisotopic (exact) mass is 240 g/mol. The summed E-state index contributed by atoms with van der Waals surface area (Å²) in [5, 5.41) is 28.4. The molecule has 0 bridgehead atoms. The Morgan fingerprint density at radius 2 is 1.94 bits per heavy atom. The molecule has 4 N–H and O–H groups in total. The minimum Gasteiger partial charge on any atom is -0.480 e.